The molecule has 1 aromatic rings. The van der Waals surface area contributed by atoms with E-state index in [1.807, 2.05) is 6.92 Å². The van der Waals surface area contributed by atoms with Crippen LogP contribution in [0.2, 0.25) is 0 Å². The maximum Gasteiger partial charge on any atom is 0.287 e. The summed E-state index contributed by atoms with van der Waals surface area (Å²) in [6.07, 6.45) is 0. The van der Waals surface area contributed by atoms with Crippen molar-refractivity contribution in [2.24, 2.45) is 0 Å². The van der Waals surface area contributed by atoms with Crippen LogP contribution in [-0.2, 0) is 0 Å². The number of piperazine rings is 1. The van der Waals surface area contributed by atoms with Crippen molar-refractivity contribution in [3.63, 3.8) is 0 Å². The van der Waals surface area contributed by atoms with Crippen molar-refractivity contribution in [1.29, 1.82) is 0 Å². The van der Waals surface area contributed by atoms with Gasteiger partial charge in [-0.2, -0.15) is 0 Å². The first kappa shape index (κ1) is 14.9. The van der Waals surface area contributed by atoms with Crippen LogP contribution in [0.4, 0.5) is 10.1 Å². The van der Waals surface area contributed by atoms with Gasteiger partial charge in [-0.25, -0.2) is 4.39 Å². The Bertz CT molecular complexity index is 567. The molecule has 0 aliphatic carbocycles. The molecule has 20 heavy (non-hydrogen) atoms. The number of amides is 1. The van der Waals surface area contributed by atoms with E-state index in [2.05, 4.69) is 21.2 Å². The highest BCUT2D eigenvalue weighted by Gasteiger charge is 2.29. The van der Waals surface area contributed by atoms with E-state index in [9.17, 15) is 19.3 Å². The topological polar surface area (TPSA) is 75.5 Å². The molecule has 0 bridgehead atoms. The number of rotatable bonds is 2. The van der Waals surface area contributed by atoms with E-state index in [1.54, 1.807) is 4.90 Å². The van der Waals surface area contributed by atoms with Crippen LogP contribution in [0.1, 0.15) is 17.3 Å². The van der Waals surface area contributed by atoms with Gasteiger partial charge in [0.05, 0.1) is 16.6 Å². The lowest BCUT2D eigenvalue weighted by molar-refractivity contribution is -0.385. The summed E-state index contributed by atoms with van der Waals surface area (Å²) < 4.78 is 13.5. The molecule has 108 valence electrons. The van der Waals surface area contributed by atoms with Crippen LogP contribution in [0.25, 0.3) is 0 Å². The van der Waals surface area contributed by atoms with Gasteiger partial charge >= 0.3 is 0 Å². The largest absolute Gasteiger partial charge is 0.333 e. The quantitative estimate of drug-likeness (QED) is 0.656. The van der Waals surface area contributed by atoms with Gasteiger partial charge in [-0.05, 0) is 28.9 Å². The fourth-order valence-electron chi connectivity index (χ4n) is 2.16. The molecule has 1 heterocycles. The first-order chi connectivity index (χ1) is 9.41. The normalized spacial score (nSPS) is 18.9. The Balaban J connectivity index is 2.41. The number of hydrogen-bond donors (Lipinski definition) is 1. The first-order valence-corrected chi connectivity index (χ1v) is 6.86. The van der Waals surface area contributed by atoms with Crippen LogP contribution in [0, 0.1) is 15.9 Å². The van der Waals surface area contributed by atoms with E-state index in [1.165, 1.54) is 0 Å². The number of nitrogens with one attached hydrogen (secondary N) is 1. The Kier molecular flexibility index (Phi) is 4.34. The minimum absolute atomic E-state index is 0.0135. The predicted molar refractivity (Wildman–Crippen MR) is 74.1 cm³/mol. The van der Waals surface area contributed by atoms with Crippen molar-refractivity contribution in [2.75, 3.05) is 19.6 Å². The van der Waals surface area contributed by atoms with Crippen LogP contribution in [-0.4, -0.2) is 41.4 Å². The third-order valence-corrected chi connectivity index (χ3v) is 4.04. The second-order valence-electron chi connectivity index (χ2n) is 4.60. The van der Waals surface area contributed by atoms with E-state index in [4.69, 9.17) is 0 Å². The lowest BCUT2D eigenvalue weighted by atomic mass is 10.1. The van der Waals surface area contributed by atoms with Crippen molar-refractivity contribution in [1.82, 2.24) is 10.2 Å². The van der Waals surface area contributed by atoms with Gasteiger partial charge in [-0.1, -0.05) is 0 Å². The second-order valence-corrected chi connectivity index (χ2v) is 5.39. The third-order valence-electron chi connectivity index (χ3n) is 3.21. The number of nitro groups is 1. The summed E-state index contributed by atoms with van der Waals surface area (Å²) >= 11 is 3.03. The molecule has 2 rings (SSSR count). The molecule has 0 aromatic heterocycles. The van der Waals surface area contributed by atoms with Gasteiger partial charge in [0.25, 0.3) is 11.6 Å². The number of halogens is 2. The average molecular weight is 346 g/mol. The molecule has 1 saturated heterocycles. The van der Waals surface area contributed by atoms with Gasteiger partial charge in [0.1, 0.15) is 10.3 Å². The SMILES string of the molecule is C[C@H]1CNCCN1C(=O)c1cc(F)cc([N+](=O)[O-])c1Br. The van der Waals surface area contributed by atoms with Gasteiger partial charge in [0.2, 0.25) is 0 Å². The zero-order chi connectivity index (χ0) is 14.9. The fraction of sp³-hybridized carbons (Fsp3) is 0.417. The zero-order valence-electron chi connectivity index (χ0n) is 10.7. The molecule has 1 amide bonds. The Morgan fingerprint density at radius 3 is 2.90 bits per heavy atom. The molecule has 0 unspecified atom stereocenters. The minimum Gasteiger partial charge on any atom is -0.333 e. The van der Waals surface area contributed by atoms with E-state index < -0.39 is 22.3 Å². The first-order valence-electron chi connectivity index (χ1n) is 6.07. The fourth-order valence-corrected chi connectivity index (χ4v) is 2.70. The summed E-state index contributed by atoms with van der Waals surface area (Å²) in [5.74, 6) is -1.21. The Morgan fingerprint density at radius 2 is 2.30 bits per heavy atom. The van der Waals surface area contributed by atoms with Crippen molar-refractivity contribution in [3.8, 4) is 0 Å². The third kappa shape index (κ3) is 2.80. The number of nitro benzene ring substituents is 1. The molecular formula is C12H13BrFN3O3. The van der Waals surface area contributed by atoms with Crippen molar-refractivity contribution in [3.05, 3.63) is 38.1 Å². The second kappa shape index (κ2) is 5.84. The van der Waals surface area contributed by atoms with Gasteiger partial charge in [0.15, 0.2) is 0 Å². The van der Waals surface area contributed by atoms with E-state index in [-0.39, 0.29) is 16.1 Å². The van der Waals surface area contributed by atoms with Crippen LogP contribution < -0.4 is 5.32 Å². The molecule has 0 saturated carbocycles. The summed E-state index contributed by atoms with van der Waals surface area (Å²) in [5, 5.41) is 14.0. The number of hydrogen-bond acceptors (Lipinski definition) is 4. The van der Waals surface area contributed by atoms with Crippen molar-refractivity contribution in [2.45, 2.75) is 13.0 Å². The van der Waals surface area contributed by atoms with E-state index in [0.29, 0.717) is 19.6 Å². The maximum atomic E-state index is 13.5. The molecule has 1 aromatic carbocycles. The van der Waals surface area contributed by atoms with Crippen LogP contribution in [0.15, 0.2) is 16.6 Å². The highest BCUT2D eigenvalue weighted by atomic mass is 79.9. The molecule has 0 spiro atoms. The summed E-state index contributed by atoms with van der Waals surface area (Å²) in [5.41, 5.74) is -0.471. The van der Waals surface area contributed by atoms with Crippen molar-refractivity contribution < 1.29 is 14.1 Å². The molecule has 1 atom stereocenters. The monoisotopic (exact) mass is 345 g/mol. The number of carbonyl (C=O) groups is 1. The molecular weight excluding hydrogens is 333 g/mol. The van der Waals surface area contributed by atoms with Gasteiger partial charge in [0, 0.05) is 25.7 Å². The van der Waals surface area contributed by atoms with Crippen LogP contribution in [0.5, 0.6) is 0 Å². The van der Waals surface area contributed by atoms with Gasteiger partial charge < -0.3 is 10.2 Å². The highest BCUT2D eigenvalue weighted by molar-refractivity contribution is 9.10. The number of nitrogens with zero attached hydrogens (tertiary/aromatic N) is 2. The molecule has 1 aliphatic rings. The van der Waals surface area contributed by atoms with Crippen LogP contribution >= 0.6 is 15.9 Å². The average Bonchev–Trinajstić information content (AvgIpc) is 2.40. The number of carbonyl (C=O) groups excluding carboxylic acids is 1. The lowest BCUT2D eigenvalue weighted by Gasteiger charge is -2.34. The Hall–Kier alpha value is -1.54. The Morgan fingerprint density at radius 1 is 1.60 bits per heavy atom. The molecule has 1 fully saturated rings. The molecule has 0 radical (unpaired) electrons. The summed E-state index contributed by atoms with van der Waals surface area (Å²) in [4.78, 5) is 24.2. The molecule has 8 heteroatoms. The smallest absolute Gasteiger partial charge is 0.287 e. The van der Waals surface area contributed by atoms with E-state index >= 15 is 0 Å². The summed E-state index contributed by atoms with van der Waals surface area (Å²) in [6.45, 7) is 3.63. The van der Waals surface area contributed by atoms with Crippen molar-refractivity contribution >= 4 is 27.5 Å². The number of benzene rings is 1. The van der Waals surface area contributed by atoms with E-state index in [0.717, 1.165) is 12.1 Å². The van der Waals surface area contributed by atoms with Crippen LogP contribution in [0.3, 0.4) is 0 Å². The minimum atomic E-state index is -0.800. The van der Waals surface area contributed by atoms with Gasteiger partial charge in [-0.15, -0.1) is 0 Å². The molecule has 1 aliphatic heterocycles. The maximum absolute atomic E-state index is 13.5. The highest BCUT2D eigenvalue weighted by Crippen LogP contribution is 2.31. The zero-order valence-corrected chi connectivity index (χ0v) is 12.3. The summed E-state index contributed by atoms with van der Waals surface area (Å²) in [6, 6.07) is 1.77. The van der Waals surface area contributed by atoms with Gasteiger partial charge in [-0.3, -0.25) is 14.9 Å². The molecule has 1 N–H and O–H groups in total. The predicted octanol–water partition coefficient (Wildman–Crippen LogP) is 1.93. The standard InChI is InChI=1S/C12H13BrFN3O3/c1-7-6-15-2-3-16(7)12(18)9-4-8(14)5-10(11(9)13)17(19)20/h4-5,7,15H,2-3,6H2,1H3/t7-/m0/s1. The Labute approximate surface area is 123 Å². The summed E-state index contributed by atoms with van der Waals surface area (Å²) in [7, 11) is 0. The lowest BCUT2D eigenvalue weighted by Crippen LogP contribution is -2.52. The molecule has 6 nitrogen and oxygen atoms in total.